The Bertz CT molecular complexity index is 437. The molecule has 1 rings (SSSR count). The van der Waals surface area contributed by atoms with Gasteiger partial charge >= 0.3 is 0 Å². The van der Waals surface area contributed by atoms with Gasteiger partial charge in [-0.25, -0.2) is 0 Å². The Labute approximate surface area is 127 Å². The summed E-state index contributed by atoms with van der Waals surface area (Å²) in [6.45, 7) is 8.02. The lowest BCUT2D eigenvalue weighted by Gasteiger charge is -2.17. The summed E-state index contributed by atoms with van der Waals surface area (Å²) in [6, 6.07) is 5.92. The van der Waals surface area contributed by atoms with E-state index in [4.69, 9.17) is 19.5 Å². The summed E-state index contributed by atoms with van der Waals surface area (Å²) in [5.41, 5.74) is 0.888. The van der Waals surface area contributed by atoms with Crippen LogP contribution in [0.1, 0.15) is 45.6 Å². The fraction of sp³-hybridized carbons (Fsp3) is 0.588. The molecule has 0 heterocycles. The normalized spacial score (nSPS) is 10.0. The standard InChI is InChI=1S/C17H25NO3/c1-4-9-19-15-12-14(7-8-18)13-16(20-10-5-2)17(15)21-11-6-3/h12-13H,4-7,9-11H2,1-3H3. The van der Waals surface area contributed by atoms with Crippen LogP contribution in [0.25, 0.3) is 0 Å². The molecule has 0 N–H and O–H groups in total. The number of nitrogens with zero attached hydrogens (tertiary/aromatic N) is 1. The zero-order valence-electron chi connectivity index (χ0n) is 13.3. The van der Waals surface area contributed by atoms with Crippen molar-refractivity contribution in [1.82, 2.24) is 0 Å². The summed E-state index contributed by atoms with van der Waals surface area (Å²) in [5, 5.41) is 8.90. The van der Waals surface area contributed by atoms with E-state index in [0.29, 0.717) is 43.5 Å². The van der Waals surface area contributed by atoms with Crippen molar-refractivity contribution in [2.24, 2.45) is 0 Å². The molecule has 0 aliphatic carbocycles. The molecular weight excluding hydrogens is 266 g/mol. The molecule has 0 amide bonds. The lowest BCUT2D eigenvalue weighted by atomic mass is 10.1. The first-order chi connectivity index (χ1) is 10.3. The summed E-state index contributed by atoms with van der Waals surface area (Å²) in [4.78, 5) is 0. The minimum absolute atomic E-state index is 0.332. The minimum atomic E-state index is 0.332. The Kier molecular flexibility index (Phi) is 8.11. The highest BCUT2D eigenvalue weighted by Crippen LogP contribution is 2.39. The molecule has 0 bridgehead atoms. The number of hydrogen-bond donors (Lipinski definition) is 0. The molecule has 0 aromatic heterocycles. The fourth-order valence-corrected chi connectivity index (χ4v) is 1.81. The van der Waals surface area contributed by atoms with Crippen molar-refractivity contribution < 1.29 is 14.2 Å². The van der Waals surface area contributed by atoms with Crippen LogP contribution >= 0.6 is 0 Å². The van der Waals surface area contributed by atoms with Crippen LogP contribution in [0.15, 0.2) is 12.1 Å². The number of hydrogen-bond acceptors (Lipinski definition) is 4. The van der Waals surface area contributed by atoms with E-state index < -0.39 is 0 Å². The predicted octanol–water partition coefficient (Wildman–Crippen LogP) is 4.12. The smallest absolute Gasteiger partial charge is 0.203 e. The molecular formula is C17H25NO3. The van der Waals surface area contributed by atoms with E-state index in [2.05, 4.69) is 26.8 Å². The summed E-state index contributed by atoms with van der Waals surface area (Å²) < 4.78 is 17.4. The van der Waals surface area contributed by atoms with Gasteiger partial charge in [0, 0.05) is 0 Å². The molecule has 0 radical (unpaired) electrons. The first-order valence-electron chi connectivity index (χ1n) is 7.69. The largest absolute Gasteiger partial charge is 0.490 e. The van der Waals surface area contributed by atoms with Crippen molar-refractivity contribution in [1.29, 1.82) is 5.26 Å². The third kappa shape index (κ3) is 5.55. The van der Waals surface area contributed by atoms with Crippen molar-refractivity contribution in [3.63, 3.8) is 0 Å². The third-order valence-electron chi connectivity index (χ3n) is 2.74. The van der Waals surface area contributed by atoms with Gasteiger partial charge in [0.15, 0.2) is 11.5 Å². The minimum Gasteiger partial charge on any atom is -0.490 e. The molecule has 0 aliphatic heterocycles. The monoisotopic (exact) mass is 291 g/mol. The van der Waals surface area contributed by atoms with Crippen LogP contribution in [0, 0.1) is 11.3 Å². The molecule has 4 heteroatoms. The molecule has 0 unspecified atom stereocenters. The van der Waals surface area contributed by atoms with E-state index in [-0.39, 0.29) is 0 Å². The van der Waals surface area contributed by atoms with Crippen molar-refractivity contribution in [2.45, 2.75) is 46.5 Å². The lowest BCUT2D eigenvalue weighted by molar-refractivity contribution is 0.242. The van der Waals surface area contributed by atoms with Crippen molar-refractivity contribution in [3.8, 4) is 23.3 Å². The molecule has 4 nitrogen and oxygen atoms in total. The van der Waals surface area contributed by atoms with Crippen LogP contribution in [0.5, 0.6) is 17.2 Å². The average molecular weight is 291 g/mol. The number of ether oxygens (including phenoxy) is 3. The van der Waals surface area contributed by atoms with Gasteiger partial charge in [-0.15, -0.1) is 0 Å². The second-order valence-corrected chi connectivity index (χ2v) is 4.80. The van der Waals surface area contributed by atoms with Crippen LogP contribution in [0.4, 0.5) is 0 Å². The Morgan fingerprint density at radius 3 is 1.76 bits per heavy atom. The Hall–Kier alpha value is -1.89. The number of benzene rings is 1. The molecule has 0 atom stereocenters. The highest BCUT2D eigenvalue weighted by molar-refractivity contribution is 5.54. The summed E-state index contributed by atoms with van der Waals surface area (Å²) in [5.74, 6) is 1.99. The van der Waals surface area contributed by atoms with E-state index in [1.807, 2.05) is 12.1 Å². The molecule has 21 heavy (non-hydrogen) atoms. The maximum absolute atomic E-state index is 8.90. The highest BCUT2D eigenvalue weighted by Gasteiger charge is 2.15. The molecule has 0 spiro atoms. The average Bonchev–Trinajstić information content (AvgIpc) is 2.49. The second kappa shape index (κ2) is 9.93. The SMILES string of the molecule is CCCOc1cc(CC#N)cc(OCCC)c1OCCC. The van der Waals surface area contributed by atoms with E-state index in [1.165, 1.54) is 0 Å². The highest BCUT2D eigenvalue weighted by atomic mass is 16.5. The summed E-state index contributed by atoms with van der Waals surface area (Å²) in [7, 11) is 0. The van der Waals surface area contributed by atoms with Crippen LogP contribution in [-0.2, 0) is 6.42 Å². The van der Waals surface area contributed by atoms with Gasteiger partial charge in [-0.05, 0) is 37.0 Å². The van der Waals surface area contributed by atoms with Crippen molar-refractivity contribution >= 4 is 0 Å². The Balaban J connectivity index is 3.12. The third-order valence-corrected chi connectivity index (χ3v) is 2.74. The van der Waals surface area contributed by atoms with Gasteiger partial charge in [-0.1, -0.05) is 20.8 Å². The molecule has 0 aliphatic rings. The van der Waals surface area contributed by atoms with Crippen molar-refractivity contribution in [3.05, 3.63) is 17.7 Å². The van der Waals surface area contributed by atoms with Gasteiger partial charge in [0.1, 0.15) is 0 Å². The zero-order valence-corrected chi connectivity index (χ0v) is 13.3. The van der Waals surface area contributed by atoms with E-state index in [1.54, 1.807) is 0 Å². The zero-order chi connectivity index (χ0) is 15.5. The Morgan fingerprint density at radius 1 is 0.857 bits per heavy atom. The van der Waals surface area contributed by atoms with E-state index in [0.717, 1.165) is 24.8 Å². The van der Waals surface area contributed by atoms with Gasteiger partial charge in [-0.3, -0.25) is 0 Å². The first-order valence-corrected chi connectivity index (χ1v) is 7.69. The second-order valence-electron chi connectivity index (χ2n) is 4.80. The Morgan fingerprint density at radius 2 is 1.33 bits per heavy atom. The van der Waals surface area contributed by atoms with Gasteiger partial charge in [-0.2, -0.15) is 5.26 Å². The van der Waals surface area contributed by atoms with Gasteiger partial charge in [0.05, 0.1) is 32.3 Å². The summed E-state index contributed by atoms with van der Waals surface area (Å²) in [6.07, 6.45) is 3.08. The van der Waals surface area contributed by atoms with Crippen LogP contribution in [0.3, 0.4) is 0 Å². The van der Waals surface area contributed by atoms with E-state index in [9.17, 15) is 0 Å². The molecule has 1 aromatic rings. The molecule has 1 aromatic carbocycles. The molecule has 0 fully saturated rings. The van der Waals surface area contributed by atoms with Crippen LogP contribution in [-0.4, -0.2) is 19.8 Å². The maximum atomic E-state index is 8.90. The molecule has 116 valence electrons. The molecule has 0 saturated carbocycles. The van der Waals surface area contributed by atoms with Gasteiger partial charge in [0.25, 0.3) is 0 Å². The topological polar surface area (TPSA) is 51.5 Å². The number of rotatable bonds is 10. The van der Waals surface area contributed by atoms with Gasteiger partial charge < -0.3 is 14.2 Å². The summed E-state index contributed by atoms with van der Waals surface area (Å²) >= 11 is 0. The van der Waals surface area contributed by atoms with Crippen LogP contribution in [0.2, 0.25) is 0 Å². The predicted molar refractivity (Wildman–Crippen MR) is 83.1 cm³/mol. The number of nitriles is 1. The first kappa shape index (κ1) is 17.2. The quantitative estimate of drug-likeness (QED) is 0.650. The van der Waals surface area contributed by atoms with Crippen LogP contribution < -0.4 is 14.2 Å². The maximum Gasteiger partial charge on any atom is 0.203 e. The van der Waals surface area contributed by atoms with E-state index >= 15 is 0 Å². The van der Waals surface area contributed by atoms with Crippen molar-refractivity contribution in [2.75, 3.05) is 19.8 Å². The molecule has 0 saturated heterocycles. The lowest BCUT2D eigenvalue weighted by Crippen LogP contribution is -2.06. The fourth-order valence-electron chi connectivity index (χ4n) is 1.81. The van der Waals surface area contributed by atoms with Gasteiger partial charge in [0.2, 0.25) is 5.75 Å².